The molecule has 0 unspecified atom stereocenters. The summed E-state index contributed by atoms with van der Waals surface area (Å²) in [6, 6.07) is 12.4. The minimum atomic E-state index is -4.33. The van der Waals surface area contributed by atoms with Crippen LogP contribution in [0.15, 0.2) is 48.5 Å². The molecule has 3 rings (SSSR count). The fraction of sp³-hybridized carbons (Fsp3) is 0.350. The second-order valence-corrected chi connectivity index (χ2v) is 6.53. The van der Waals surface area contributed by atoms with Crippen LogP contribution in [-0.2, 0) is 12.7 Å². The van der Waals surface area contributed by atoms with Crippen molar-refractivity contribution >= 4 is 11.7 Å². The van der Waals surface area contributed by atoms with Gasteiger partial charge in [0.15, 0.2) is 0 Å². The Labute approximate surface area is 161 Å². The molecule has 2 aromatic carbocycles. The third-order valence-electron chi connectivity index (χ3n) is 4.73. The first-order valence-electron chi connectivity index (χ1n) is 8.95. The highest BCUT2D eigenvalue weighted by Crippen LogP contribution is 2.30. The van der Waals surface area contributed by atoms with Crippen LogP contribution in [0.2, 0.25) is 0 Å². The van der Waals surface area contributed by atoms with Crippen molar-refractivity contribution in [3.8, 4) is 5.75 Å². The fourth-order valence-corrected chi connectivity index (χ4v) is 3.06. The van der Waals surface area contributed by atoms with Gasteiger partial charge in [0.2, 0.25) is 0 Å². The van der Waals surface area contributed by atoms with Crippen LogP contribution in [0.4, 0.5) is 23.7 Å². The molecule has 0 radical (unpaired) electrons. The number of benzene rings is 2. The van der Waals surface area contributed by atoms with Crippen molar-refractivity contribution in [3.63, 3.8) is 0 Å². The number of alkyl halides is 3. The number of piperazine rings is 1. The van der Waals surface area contributed by atoms with Crippen molar-refractivity contribution < 1.29 is 22.7 Å². The van der Waals surface area contributed by atoms with Gasteiger partial charge in [-0.05, 0) is 42.0 Å². The first-order valence-corrected chi connectivity index (χ1v) is 8.95. The average molecular weight is 393 g/mol. The molecule has 1 N–H and O–H groups in total. The van der Waals surface area contributed by atoms with Crippen molar-refractivity contribution in [3.05, 3.63) is 59.7 Å². The number of nitrogens with one attached hydrogen (secondary N) is 1. The third-order valence-corrected chi connectivity index (χ3v) is 4.73. The van der Waals surface area contributed by atoms with Crippen LogP contribution < -0.4 is 15.0 Å². The lowest BCUT2D eigenvalue weighted by Gasteiger charge is -2.36. The Hall–Kier alpha value is -2.90. The number of amides is 2. The van der Waals surface area contributed by atoms with Gasteiger partial charge in [-0.15, -0.1) is 0 Å². The van der Waals surface area contributed by atoms with Crippen LogP contribution in [0, 0.1) is 0 Å². The molecule has 0 saturated carbocycles. The second-order valence-electron chi connectivity index (χ2n) is 6.53. The highest BCUT2D eigenvalue weighted by molar-refractivity contribution is 5.74. The number of carbonyl (C=O) groups is 1. The van der Waals surface area contributed by atoms with Crippen molar-refractivity contribution in [1.82, 2.24) is 10.2 Å². The second kappa shape index (κ2) is 8.41. The molecular formula is C20H22F3N3O2. The molecule has 1 aliphatic rings. The van der Waals surface area contributed by atoms with Crippen LogP contribution in [-0.4, -0.2) is 44.2 Å². The van der Waals surface area contributed by atoms with E-state index in [1.54, 1.807) is 12.0 Å². The quantitative estimate of drug-likeness (QED) is 0.861. The molecule has 0 aliphatic carbocycles. The van der Waals surface area contributed by atoms with Gasteiger partial charge in [0, 0.05) is 38.4 Å². The lowest BCUT2D eigenvalue weighted by atomic mass is 10.1. The molecule has 0 atom stereocenters. The zero-order valence-electron chi connectivity index (χ0n) is 15.5. The summed E-state index contributed by atoms with van der Waals surface area (Å²) in [6.45, 7) is 2.58. The number of carbonyl (C=O) groups excluding carboxylic acids is 1. The SMILES string of the molecule is COc1ccc(CNC(=O)N2CCN(c3ccc(C(F)(F)F)cc3)CC2)cc1. The van der Waals surface area contributed by atoms with Crippen molar-refractivity contribution in [2.75, 3.05) is 38.2 Å². The van der Waals surface area contributed by atoms with E-state index in [1.165, 1.54) is 12.1 Å². The van der Waals surface area contributed by atoms with E-state index in [4.69, 9.17) is 4.74 Å². The Morgan fingerprint density at radius 3 is 2.14 bits per heavy atom. The van der Waals surface area contributed by atoms with E-state index in [0.717, 1.165) is 29.1 Å². The Morgan fingerprint density at radius 1 is 1.00 bits per heavy atom. The van der Waals surface area contributed by atoms with E-state index in [0.29, 0.717) is 32.7 Å². The predicted molar refractivity (Wildman–Crippen MR) is 100 cm³/mol. The average Bonchev–Trinajstić information content (AvgIpc) is 2.72. The largest absolute Gasteiger partial charge is 0.497 e. The maximum absolute atomic E-state index is 12.7. The summed E-state index contributed by atoms with van der Waals surface area (Å²) in [5.74, 6) is 0.759. The van der Waals surface area contributed by atoms with Gasteiger partial charge in [-0.25, -0.2) is 4.79 Å². The summed E-state index contributed by atoms with van der Waals surface area (Å²) in [7, 11) is 1.60. The molecule has 1 aliphatic heterocycles. The summed E-state index contributed by atoms with van der Waals surface area (Å²) >= 11 is 0. The summed E-state index contributed by atoms with van der Waals surface area (Å²) < 4.78 is 43.1. The molecule has 0 spiro atoms. The van der Waals surface area contributed by atoms with Gasteiger partial charge in [0.1, 0.15) is 5.75 Å². The van der Waals surface area contributed by atoms with Gasteiger partial charge in [-0.2, -0.15) is 13.2 Å². The first kappa shape index (κ1) is 19.9. The standard InChI is InChI=1S/C20H22F3N3O2/c1-28-18-8-2-15(3-9-18)14-24-19(27)26-12-10-25(11-13-26)17-6-4-16(5-7-17)20(21,22)23/h2-9H,10-14H2,1H3,(H,24,27). The number of halogens is 3. The van der Waals surface area contributed by atoms with Crippen LogP contribution in [0.1, 0.15) is 11.1 Å². The highest BCUT2D eigenvalue weighted by Gasteiger charge is 2.30. The van der Waals surface area contributed by atoms with Gasteiger partial charge in [0.05, 0.1) is 12.7 Å². The van der Waals surface area contributed by atoms with Crippen LogP contribution in [0.5, 0.6) is 5.75 Å². The van der Waals surface area contributed by atoms with Gasteiger partial charge in [-0.3, -0.25) is 0 Å². The Morgan fingerprint density at radius 2 is 1.61 bits per heavy atom. The maximum Gasteiger partial charge on any atom is 0.416 e. The molecule has 28 heavy (non-hydrogen) atoms. The monoisotopic (exact) mass is 393 g/mol. The molecule has 8 heteroatoms. The Balaban J connectivity index is 1.48. The van der Waals surface area contributed by atoms with Crippen LogP contribution >= 0.6 is 0 Å². The molecule has 5 nitrogen and oxygen atoms in total. The maximum atomic E-state index is 12.7. The van der Waals surface area contributed by atoms with Gasteiger partial charge < -0.3 is 19.9 Å². The van der Waals surface area contributed by atoms with E-state index in [2.05, 4.69) is 5.32 Å². The van der Waals surface area contributed by atoms with Crippen LogP contribution in [0.25, 0.3) is 0 Å². The van der Waals surface area contributed by atoms with Crippen molar-refractivity contribution in [1.29, 1.82) is 0 Å². The number of hydrogen-bond acceptors (Lipinski definition) is 3. The van der Waals surface area contributed by atoms with Crippen LogP contribution in [0.3, 0.4) is 0 Å². The van der Waals surface area contributed by atoms with E-state index in [9.17, 15) is 18.0 Å². The molecule has 0 aromatic heterocycles. The minimum absolute atomic E-state index is 0.150. The Kier molecular flexibility index (Phi) is 5.96. The molecule has 1 fully saturated rings. The lowest BCUT2D eigenvalue weighted by Crippen LogP contribution is -2.51. The zero-order chi connectivity index (χ0) is 20.1. The molecule has 1 heterocycles. The van der Waals surface area contributed by atoms with Gasteiger partial charge in [-0.1, -0.05) is 12.1 Å². The molecule has 150 valence electrons. The molecule has 1 saturated heterocycles. The Bertz CT molecular complexity index is 784. The highest BCUT2D eigenvalue weighted by atomic mass is 19.4. The number of methoxy groups -OCH3 is 1. The summed E-state index contributed by atoms with van der Waals surface area (Å²) in [4.78, 5) is 16.0. The predicted octanol–water partition coefficient (Wildman–Crippen LogP) is 3.75. The van der Waals surface area contributed by atoms with E-state index < -0.39 is 11.7 Å². The number of rotatable bonds is 4. The molecular weight excluding hydrogens is 371 g/mol. The topological polar surface area (TPSA) is 44.8 Å². The number of anilines is 1. The number of hydrogen-bond donors (Lipinski definition) is 1. The molecule has 0 bridgehead atoms. The van der Waals surface area contributed by atoms with E-state index >= 15 is 0 Å². The minimum Gasteiger partial charge on any atom is -0.497 e. The van der Waals surface area contributed by atoms with E-state index in [1.807, 2.05) is 29.2 Å². The smallest absolute Gasteiger partial charge is 0.416 e. The van der Waals surface area contributed by atoms with Crippen molar-refractivity contribution in [2.45, 2.75) is 12.7 Å². The van der Waals surface area contributed by atoms with Gasteiger partial charge >= 0.3 is 12.2 Å². The molecule has 2 amide bonds. The van der Waals surface area contributed by atoms with E-state index in [-0.39, 0.29) is 6.03 Å². The lowest BCUT2D eigenvalue weighted by molar-refractivity contribution is -0.137. The summed E-state index contributed by atoms with van der Waals surface area (Å²) in [5.41, 5.74) is 1.04. The summed E-state index contributed by atoms with van der Waals surface area (Å²) in [6.07, 6.45) is -4.33. The molecule has 2 aromatic rings. The third kappa shape index (κ3) is 4.88. The number of ether oxygens (including phenoxy) is 1. The first-order chi connectivity index (χ1) is 13.4. The van der Waals surface area contributed by atoms with Gasteiger partial charge in [0.25, 0.3) is 0 Å². The number of nitrogens with zero attached hydrogens (tertiary/aromatic N) is 2. The van der Waals surface area contributed by atoms with Crippen molar-refractivity contribution in [2.24, 2.45) is 0 Å². The number of urea groups is 1. The fourth-order valence-electron chi connectivity index (χ4n) is 3.06. The summed E-state index contributed by atoms with van der Waals surface area (Å²) in [5, 5.41) is 2.89. The zero-order valence-corrected chi connectivity index (χ0v) is 15.5. The normalized spacial score (nSPS) is 14.7.